The molecule has 1 rings (SSSR count). The van der Waals surface area contributed by atoms with Gasteiger partial charge in [-0.1, -0.05) is 45.9 Å². The molecule has 0 saturated carbocycles. The molecular weight excluding hydrogens is 236 g/mol. The lowest BCUT2D eigenvalue weighted by molar-refractivity contribution is 0.232. The Balaban J connectivity index is 2.87. The Morgan fingerprint density at radius 1 is 1.21 bits per heavy atom. The van der Waals surface area contributed by atoms with Gasteiger partial charge in [0, 0.05) is 0 Å². The van der Waals surface area contributed by atoms with Gasteiger partial charge in [0.15, 0.2) is 0 Å². The average Bonchev–Trinajstić information content (AvgIpc) is 2.36. The van der Waals surface area contributed by atoms with E-state index in [1.54, 1.807) is 0 Å². The lowest BCUT2D eigenvalue weighted by Gasteiger charge is -2.26. The van der Waals surface area contributed by atoms with Gasteiger partial charge in [0.1, 0.15) is 17.9 Å². The van der Waals surface area contributed by atoms with E-state index in [9.17, 15) is 5.26 Å². The topological polar surface area (TPSA) is 45.0 Å². The van der Waals surface area contributed by atoms with E-state index in [0.717, 1.165) is 17.9 Å². The van der Waals surface area contributed by atoms with Gasteiger partial charge in [-0.25, -0.2) is 0 Å². The highest BCUT2D eigenvalue weighted by molar-refractivity contribution is 5.38. The summed E-state index contributed by atoms with van der Waals surface area (Å²) in [6.07, 6.45) is 0. The Kier molecular flexibility index (Phi) is 4.97. The zero-order valence-electron chi connectivity index (χ0n) is 12.6. The van der Waals surface area contributed by atoms with Crippen molar-refractivity contribution >= 4 is 0 Å². The number of para-hydroxylation sites is 1. The second-order valence-corrected chi connectivity index (χ2v) is 6.01. The molecule has 19 heavy (non-hydrogen) atoms. The Morgan fingerprint density at radius 2 is 1.84 bits per heavy atom. The van der Waals surface area contributed by atoms with Crippen LogP contribution in [0, 0.1) is 11.3 Å². The summed E-state index contributed by atoms with van der Waals surface area (Å²) in [6, 6.07) is 10.3. The molecule has 1 atom stereocenters. The summed E-state index contributed by atoms with van der Waals surface area (Å²) in [5, 5.41) is 12.4. The summed E-state index contributed by atoms with van der Waals surface area (Å²) < 4.78 is 5.89. The molecule has 1 aromatic rings. The molecule has 0 heterocycles. The number of ether oxygens (including phenoxy) is 1. The van der Waals surface area contributed by atoms with E-state index < -0.39 is 5.54 Å². The predicted molar refractivity (Wildman–Crippen MR) is 78.3 cm³/mol. The number of nitrogens with one attached hydrogen (secondary N) is 1. The van der Waals surface area contributed by atoms with Crippen molar-refractivity contribution in [2.75, 3.05) is 13.2 Å². The summed E-state index contributed by atoms with van der Waals surface area (Å²) in [6.45, 7) is 11.4. The molecule has 1 aromatic carbocycles. The van der Waals surface area contributed by atoms with Crippen LogP contribution in [0.15, 0.2) is 24.3 Å². The van der Waals surface area contributed by atoms with Crippen molar-refractivity contribution in [3.8, 4) is 11.8 Å². The summed E-state index contributed by atoms with van der Waals surface area (Å²) >= 11 is 0. The van der Waals surface area contributed by atoms with Crippen LogP contribution in [0.1, 0.15) is 40.2 Å². The smallest absolute Gasteiger partial charge is 0.138 e. The number of rotatable bonds is 5. The number of nitrogens with zero attached hydrogens (tertiary/aromatic N) is 1. The average molecular weight is 260 g/mol. The molecule has 0 fully saturated rings. The first-order valence-corrected chi connectivity index (χ1v) is 6.71. The Hall–Kier alpha value is -1.53. The Labute approximate surface area is 116 Å². The van der Waals surface area contributed by atoms with Gasteiger partial charge in [0.2, 0.25) is 0 Å². The fourth-order valence-corrected chi connectivity index (χ4v) is 1.95. The zero-order chi connectivity index (χ0) is 14.5. The minimum atomic E-state index is -0.653. The van der Waals surface area contributed by atoms with Crippen molar-refractivity contribution in [2.24, 2.45) is 0 Å². The summed E-state index contributed by atoms with van der Waals surface area (Å²) in [5.74, 6) is 0.856. The minimum absolute atomic E-state index is 0.0256. The maximum absolute atomic E-state index is 9.23. The highest BCUT2D eigenvalue weighted by Crippen LogP contribution is 2.31. The maximum atomic E-state index is 9.23. The molecular formula is C16H24N2O. The van der Waals surface area contributed by atoms with Gasteiger partial charge in [0.25, 0.3) is 0 Å². The first kappa shape index (κ1) is 15.5. The molecule has 0 bridgehead atoms. The quantitative estimate of drug-likeness (QED) is 0.884. The van der Waals surface area contributed by atoms with E-state index in [1.807, 2.05) is 32.0 Å². The number of likely N-dealkylation sites (N-methyl/N-ethyl adjacent to an activating group) is 1. The zero-order valence-corrected chi connectivity index (χ0v) is 12.6. The van der Waals surface area contributed by atoms with E-state index in [0.29, 0.717) is 6.61 Å². The molecule has 0 amide bonds. The van der Waals surface area contributed by atoms with Crippen molar-refractivity contribution in [1.29, 1.82) is 5.26 Å². The molecule has 1 unspecified atom stereocenters. The lowest BCUT2D eigenvalue weighted by atomic mass is 9.86. The van der Waals surface area contributed by atoms with Gasteiger partial charge in [0.05, 0.1) is 6.07 Å². The second-order valence-electron chi connectivity index (χ2n) is 6.01. The van der Waals surface area contributed by atoms with Crippen LogP contribution in [0.3, 0.4) is 0 Å². The van der Waals surface area contributed by atoms with Crippen molar-refractivity contribution in [1.82, 2.24) is 5.32 Å². The van der Waals surface area contributed by atoms with Crippen molar-refractivity contribution in [3.63, 3.8) is 0 Å². The molecule has 0 aliphatic rings. The summed E-state index contributed by atoms with van der Waals surface area (Å²) in [7, 11) is 0. The number of hydrogen-bond acceptors (Lipinski definition) is 3. The molecule has 0 radical (unpaired) electrons. The number of hydrogen-bond donors (Lipinski definition) is 1. The monoisotopic (exact) mass is 260 g/mol. The molecule has 0 saturated heterocycles. The third-order valence-corrected chi connectivity index (χ3v) is 3.03. The molecule has 0 spiro atoms. The molecule has 1 N–H and O–H groups in total. The highest BCUT2D eigenvalue weighted by Gasteiger charge is 2.25. The fraction of sp³-hybridized carbons (Fsp3) is 0.562. The molecule has 104 valence electrons. The SMILES string of the molecule is CCNC(C)(C#N)COc1ccccc1C(C)(C)C. The first-order chi connectivity index (χ1) is 8.82. The largest absolute Gasteiger partial charge is 0.490 e. The minimum Gasteiger partial charge on any atom is -0.490 e. The Bertz CT molecular complexity index is 457. The second kappa shape index (κ2) is 6.08. The molecule has 0 aliphatic heterocycles. The van der Waals surface area contributed by atoms with Crippen molar-refractivity contribution in [3.05, 3.63) is 29.8 Å². The Morgan fingerprint density at radius 3 is 2.37 bits per heavy atom. The van der Waals surface area contributed by atoms with Gasteiger partial charge in [-0.2, -0.15) is 5.26 Å². The number of nitriles is 1. The van der Waals surface area contributed by atoms with E-state index in [-0.39, 0.29) is 5.41 Å². The third-order valence-electron chi connectivity index (χ3n) is 3.03. The van der Waals surface area contributed by atoms with E-state index >= 15 is 0 Å². The summed E-state index contributed by atoms with van der Waals surface area (Å²) in [5.41, 5.74) is 0.532. The van der Waals surface area contributed by atoms with Gasteiger partial charge in [-0.3, -0.25) is 5.32 Å². The van der Waals surface area contributed by atoms with Crippen LogP contribution in [-0.4, -0.2) is 18.7 Å². The van der Waals surface area contributed by atoms with Crippen molar-refractivity contribution < 1.29 is 4.74 Å². The fourth-order valence-electron chi connectivity index (χ4n) is 1.95. The molecule has 3 heteroatoms. The van der Waals surface area contributed by atoms with E-state index in [4.69, 9.17) is 4.74 Å². The molecule has 0 aromatic heterocycles. The highest BCUT2D eigenvalue weighted by atomic mass is 16.5. The standard InChI is InChI=1S/C16H24N2O/c1-6-18-16(5,11-17)12-19-14-10-8-7-9-13(14)15(2,3)4/h7-10,18H,6,12H2,1-5H3. The molecule has 3 nitrogen and oxygen atoms in total. The van der Waals surface area contributed by atoms with Crippen LogP contribution in [0.25, 0.3) is 0 Å². The van der Waals surface area contributed by atoms with Gasteiger partial charge < -0.3 is 4.74 Å². The van der Waals surface area contributed by atoms with Crippen molar-refractivity contribution in [2.45, 2.75) is 45.6 Å². The maximum Gasteiger partial charge on any atom is 0.138 e. The molecule has 0 aliphatic carbocycles. The van der Waals surface area contributed by atoms with Gasteiger partial charge >= 0.3 is 0 Å². The summed E-state index contributed by atoms with van der Waals surface area (Å²) in [4.78, 5) is 0. The number of benzene rings is 1. The van der Waals surface area contributed by atoms with Crippen LogP contribution >= 0.6 is 0 Å². The first-order valence-electron chi connectivity index (χ1n) is 6.71. The van der Waals surface area contributed by atoms with Crippen LogP contribution in [0.2, 0.25) is 0 Å². The van der Waals surface area contributed by atoms with E-state index in [2.05, 4.69) is 38.2 Å². The van der Waals surface area contributed by atoms with Crippen LogP contribution < -0.4 is 10.1 Å². The predicted octanol–water partition coefficient (Wildman–Crippen LogP) is 3.25. The van der Waals surface area contributed by atoms with Gasteiger partial charge in [-0.05, 0) is 30.5 Å². The van der Waals surface area contributed by atoms with Gasteiger partial charge in [-0.15, -0.1) is 0 Å². The van der Waals surface area contributed by atoms with Crippen LogP contribution in [0.4, 0.5) is 0 Å². The van der Waals surface area contributed by atoms with E-state index in [1.165, 1.54) is 0 Å². The lowest BCUT2D eigenvalue weighted by Crippen LogP contribution is -2.46. The third kappa shape index (κ3) is 4.25. The van der Waals surface area contributed by atoms with Crippen LogP contribution in [0.5, 0.6) is 5.75 Å². The normalized spacial score (nSPS) is 14.5. The van der Waals surface area contributed by atoms with Crippen LogP contribution in [-0.2, 0) is 5.41 Å².